The standard InChI is InChI=1S/C13H22N4O/c1-9(10(2)14)13(18)17-6-4-5-12(17)11-7-15-16(3)8-11/h7-10,12H,4-6,14H2,1-3H3. The molecular weight excluding hydrogens is 228 g/mol. The molecule has 1 amide bonds. The monoisotopic (exact) mass is 250 g/mol. The van der Waals surface area contributed by atoms with Crippen molar-refractivity contribution in [1.29, 1.82) is 0 Å². The molecule has 0 aliphatic carbocycles. The minimum atomic E-state index is -0.123. The summed E-state index contributed by atoms with van der Waals surface area (Å²) < 4.78 is 1.78. The van der Waals surface area contributed by atoms with Crippen LogP contribution in [0.3, 0.4) is 0 Å². The first-order valence-electron chi connectivity index (χ1n) is 6.55. The maximum absolute atomic E-state index is 12.4. The number of carbonyl (C=O) groups is 1. The van der Waals surface area contributed by atoms with Crippen molar-refractivity contribution in [3.8, 4) is 0 Å². The summed E-state index contributed by atoms with van der Waals surface area (Å²) in [5.74, 6) is 0.0404. The van der Waals surface area contributed by atoms with Gasteiger partial charge in [-0.3, -0.25) is 9.48 Å². The third-order valence-electron chi connectivity index (χ3n) is 3.82. The van der Waals surface area contributed by atoms with E-state index in [9.17, 15) is 4.79 Å². The second-order valence-electron chi connectivity index (χ2n) is 5.28. The Morgan fingerprint density at radius 2 is 2.28 bits per heavy atom. The molecular formula is C13H22N4O. The Morgan fingerprint density at radius 1 is 1.56 bits per heavy atom. The molecule has 3 unspecified atom stereocenters. The van der Waals surface area contributed by atoms with Gasteiger partial charge in [-0.15, -0.1) is 0 Å². The predicted octanol–water partition coefficient (Wildman–Crippen LogP) is 1.07. The van der Waals surface area contributed by atoms with Gasteiger partial charge in [0.15, 0.2) is 0 Å². The lowest BCUT2D eigenvalue weighted by Gasteiger charge is -2.28. The molecule has 100 valence electrons. The van der Waals surface area contributed by atoms with Gasteiger partial charge in [-0.1, -0.05) is 6.92 Å². The van der Waals surface area contributed by atoms with Crippen LogP contribution < -0.4 is 5.73 Å². The number of aromatic nitrogens is 2. The molecule has 2 rings (SSSR count). The topological polar surface area (TPSA) is 64.2 Å². The Kier molecular flexibility index (Phi) is 3.71. The molecule has 0 aromatic carbocycles. The largest absolute Gasteiger partial charge is 0.335 e. The molecule has 0 bridgehead atoms. The van der Waals surface area contributed by atoms with Crippen molar-refractivity contribution in [1.82, 2.24) is 14.7 Å². The zero-order valence-corrected chi connectivity index (χ0v) is 11.3. The molecule has 1 fully saturated rings. The first-order valence-corrected chi connectivity index (χ1v) is 6.55. The van der Waals surface area contributed by atoms with Crippen LogP contribution in [0.5, 0.6) is 0 Å². The third-order valence-corrected chi connectivity index (χ3v) is 3.82. The molecule has 0 radical (unpaired) electrons. The highest BCUT2D eigenvalue weighted by atomic mass is 16.2. The lowest BCUT2D eigenvalue weighted by atomic mass is 10.0. The summed E-state index contributed by atoms with van der Waals surface area (Å²) in [4.78, 5) is 14.4. The van der Waals surface area contributed by atoms with E-state index < -0.39 is 0 Å². The number of nitrogens with two attached hydrogens (primary N) is 1. The van der Waals surface area contributed by atoms with Crippen molar-refractivity contribution >= 4 is 5.91 Å². The van der Waals surface area contributed by atoms with Crippen LogP contribution in [0.4, 0.5) is 0 Å². The van der Waals surface area contributed by atoms with E-state index in [1.165, 1.54) is 0 Å². The fourth-order valence-corrected chi connectivity index (χ4v) is 2.48. The number of aryl methyl sites for hydroxylation is 1. The van der Waals surface area contributed by atoms with Crippen molar-refractivity contribution in [2.45, 2.75) is 38.8 Å². The summed E-state index contributed by atoms with van der Waals surface area (Å²) in [5, 5.41) is 4.19. The maximum Gasteiger partial charge on any atom is 0.227 e. The summed E-state index contributed by atoms with van der Waals surface area (Å²) >= 11 is 0. The minimum absolute atomic E-state index is 0.104. The van der Waals surface area contributed by atoms with Gasteiger partial charge in [-0.2, -0.15) is 5.10 Å². The number of hydrogen-bond donors (Lipinski definition) is 1. The summed E-state index contributed by atoms with van der Waals surface area (Å²) in [6.07, 6.45) is 5.92. The number of likely N-dealkylation sites (tertiary alicyclic amines) is 1. The van der Waals surface area contributed by atoms with Crippen molar-refractivity contribution < 1.29 is 4.79 Å². The first-order chi connectivity index (χ1) is 8.50. The highest BCUT2D eigenvalue weighted by Gasteiger charge is 2.33. The van der Waals surface area contributed by atoms with Crippen molar-refractivity contribution in [3.63, 3.8) is 0 Å². The smallest absolute Gasteiger partial charge is 0.227 e. The normalized spacial score (nSPS) is 23.1. The van der Waals surface area contributed by atoms with Crippen LogP contribution in [0.2, 0.25) is 0 Å². The molecule has 1 saturated heterocycles. The number of rotatable bonds is 3. The van der Waals surface area contributed by atoms with Gasteiger partial charge in [0.05, 0.1) is 18.2 Å². The lowest BCUT2D eigenvalue weighted by Crippen LogP contribution is -2.41. The first kappa shape index (κ1) is 13.1. The Balaban J connectivity index is 2.15. The Bertz CT molecular complexity index is 426. The number of amides is 1. The molecule has 1 aromatic heterocycles. The van der Waals surface area contributed by atoms with Crippen molar-refractivity contribution in [2.75, 3.05) is 6.54 Å². The van der Waals surface area contributed by atoms with Crippen LogP contribution in [0.25, 0.3) is 0 Å². The van der Waals surface area contributed by atoms with Gasteiger partial charge >= 0.3 is 0 Å². The molecule has 0 spiro atoms. The predicted molar refractivity (Wildman–Crippen MR) is 69.7 cm³/mol. The molecule has 1 aliphatic heterocycles. The number of nitrogens with zero attached hydrogens (tertiary/aromatic N) is 3. The number of hydrogen-bond acceptors (Lipinski definition) is 3. The van der Waals surface area contributed by atoms with E-state index >= 15 is 0 Å². The van der Waals surface area contributed by atoms with E-state index in [0.29, 0.717) is 0 Å². The van der Waals surface area contributed by atoms with Crippen LogP contribution in [-0.4, -0.2) is 33.2 Å². The van der Waals surface area contributed by atoms with E-state index in [0.717, 1.165) is 24.9 Å². The van der Waals surface area contributed by atoms with Crippen molar-refractivity contribution in [3.05, 3.63) is 18.0 Å². The van der Waals surface area contributed by atoms with E-state index in [4.69, 9.17) is 5.73 Å². The van der Waals surface area contributed by atoms with Crippen molar-refractivity contribution in [2.24, 2.45) is 18.7 Å². The van der Waals surface area contributed by atoms with Gasteiger partial charge in [0.25, 0.3) is 0 Å². The van der Waals surface area contributed by atoms with Gasteiger partial charge in [0.1, 0.15) is 0 Å². The molecule has 5 heteroatoms. The minimum Gasteiger partial charge on any atom is -0.335 e. The van der Waals surface area contributed by atoms with Gasteiger partial charge in [-0.25, -0.2) is 0 Å². The average molecular weight is 250 g/mol. The molecule has 1 aromatic rings. The molecule has 0 saturated carbocycles. The second-order valence-corrected chi connectivity index (χ2v) is 5.28. The second kappa shape index (κ2) is 5.10. The van der Waals surface area contributed by atoms with Crippen LogP contribution in [-0.2, 0) is 11.8 Å². The highest BCUT2D eigenvalue weighted by molar-refractivity contribution is 5.80. The van der Waals surface area contributed by atoms with Crippen LogP contribution >= 0.6 is 0 Å². The third kappa shape index (κ3) is 2.41. The fourth-order valence-electron chi connectivity index (χ4n) is 2.48. The van der Waals surface area contributed by atoms with E-state index in [1.54, 1.807) is 4.68 Å². The number of carbonyl (C=O) groups excluding carboxylic acids is 1. The van der Waals surface area contributed by atoms with E-state index in [-0.39, 0.29) is 23.9 Å². The average Bonchev–Trinajstić information content (AvgIpc) is 2.94. The van der Waals surface area contributed by atoms with Gasteiger partial charge < -0.3 is 10.6 Å². The molecule has 5 nitrogen and oxygen atoms in total. The summed E-state index contributed by atoms with van der Waals surface area (Å²) in [7, 11) is 1.90. The highest BCUT2D eigenvalue weighted by Crippen LogP contribution is 2.32. The zero-order valence-electron chi connectivity index (χ0n) is 11.3. The quantitative estimate of drug-likeness (QED) is 0.872. The summed E-state index contributed by atoms with van der Waals surface area (Å²) in [5.41, 5.74) is 6.95. The summed E-state index contributed by atoms with van der Waals surface area (Å²) in [6.45, 7) is 4.62. The maximum atomic E-state index is 12.4. The van der Waals surface area contributed by atoms with Crippen LogP contribution in [0.15, 0.2) is 12.4 Å². The molecule has 3 atom stereocenters. The fraction of sp³-hybridized carbons (Fsp3) is 0.692. The van der Waals surface area contributed by atoms with Gasteiger partial charge in [0, 0.05) is 31.4 Å². The Hall–Kier alpha value is -1.36. The Labute approximate surface area is 108 Å². The molecule has 2 N–H and O–H groups in total. The summed E-state index contributed by atoms with van der Waals surface area (Å²) in [6, 6.07) is 0.0695. The molecule has 2 heterocycles. The van der Waals surface area contributed by atoms with Crippen LogP contribution in [0, 0.1) is 5.92 Å². The van der Waals surface area contributed by atoms with E-state index in [1.807, 2.05) is 38.2 Å². The Morgan fingerprint density at radius 3 is 2.83 bits per heavy atom. The van der Waals surface area contributed by atoms with Crippen LogP contribution in [0.1, 0.15) is 38.3 Å². The zero-order chi connectivity index (χ0) is 13.3. The SMILES string of the molecule is CC(N)C(C)C(=O)N1CCCC1c1cnn(C)c1. The van der Waals surface area contributed by atoms with E-state index in [2.05, 4.69) is 5.10 Å². The van der Waals surface area contributed by atoms with Gasteiger partial charge in [-0.05, 0) is 19.8 Å². The lowest BCUT2D eigenvalue weighted by molar-refractivity contribution is -0.136. The van der Waals surface area contributed by atoms with Gasteiger partial charge in [0.2, 0.25) is 5.91 Å². The molecule has 1 aliphatic rings. The molecule has 18 heavy (non-hydrogen) atoms.